The largest absolute Gasteiger partial charge is 0.422 e. The van der Waals surface area contributed by atoms with E-state index in [1.165, 1.54) is 42.5 Å². The van der Waals surface area contributed by atoms with E-state index in [4.69, 9.17) is 16.3 Å². The summed E-state index contributed by atoms with van der Waals surface area (Å²) in [6.07, 6.45) is 1.31. The normalized spacial score (nSPS) is 10.8. The van der Waals surface area contributed by atoms with Crippen molar-refractivity contribution < 1.29 is 18.7 Å². The van der Waals surface area contributed by atoms with Gasteiger partial charge >= 0.3 is 5.97 Å². The molecule has 3 rings (SSSR count). The highest BCUT2D eigenvalue weighted by molar-refractivity contribution is 6.30. The van der Waals surface area contributed by atoms with Crippen LogP contribution < -0.4 is 10.1 Å². The molecule has 0 aliphatic rings. The van der Waals surface area contributed by atoms with Crippen LogP contribution in [-0.4, -0.2) is 11.9 Å². The number of hydrogen-bond donors (Lipinski definition) is 1. The minimum absolute atomic E-state index is 0.180. The van der Waals surface area contributed by atoms with Gasteiger partial charge in [0.1, 0.15) is 23.2 Å². The van der Waals surface area contributed by atoms with Crippen molar-refractivity contribution in [3.8, 4) is 11.8 Å². The van der Waals surface area contributed by atoms with Crippen LogP contribution in [0.5, 0.6) is 5.75 Å². The number of ether oxygens (including phenoxy) is 1. The number of halogens is 2. The monoisotopic (exact) mass is 420 g/mol. The van der Waals surface area contributed by atoms with Gasteiger partial charge < -0.3 is 10.1 Å². The number of hydrogen-bond acceptors (Lipinski definition) is 4. The lowest BCUT2D eigenvalue weighted by atomic mass is 10.1. The molecule has 0 aliphatic carbocycles. The number of rotatable bonds is 5. The lowest BCUT2D eigenvalue weighted by Gasteiger charge is -2.09. The number of para-hydroxylation sites is 1. The Morgan fingerprint density at radius 2 is 1.67 bits per heavy atom. The number of anilines is 1. The molecule has 7 heteroatoms. The zero-order valence-electron chi connectivity index (χ0n) is 15.4. The lowest BCUT2D eigenvalue weighted by Crippen LogP contribution is -2.13. The lowest BCUT2D eigenvalue weighted by molar-refractivity contribution is -0.112. The molecule has 0 unspecified atom stereocenters. The third kappa shape index (κ3) is 5.31. The molecule has 3 aromatic rings. The van der Waals surface area contributed by atoms with Crippen molar-refractivity contribution in [2.24, 2.45) is 0 Å². The van der Waals surface area contributed by atoms with E-state index in [9.17, 15) is 19.2 Å². The van der Waals surface area contributed by atoms with Gasteiger partial charge in [0.25, 0.3) is 5.91 Å². The van der Waals surface area contributed by atoms with Gasteiger partial charge in [-0.15, -0.1) is 0 Å². The molecule has 148 valence electrons. The summed E-state index contributed by atoms with van der Waals surface area (Å²) in [6, 6.07) is 19.6. The summed E-state index contributed by atoms with van der Waals surface area (Å²) in [4.78, 5) is 24.8. The fourth-order valence-electron chi connectivity index (χ4n) is 2.47. The van der Waals surface area contributed by atoms with E-state index >= 15 is 0 Å². The van der Waals surface area contributed by atoms with Gasteiger partial charge in [-0.2, -0.15) is 5.26 Å². The maximum absolute atomic E-state index is 13.0. The Kier molecular flexibility index (Phi) is 6.58. The number of esters is 1. The van der Waals surface area contributed by atoms with Crippen molar-refractivity contribution in [1.29, 1.82) is 5.26 Å². The van der Waals surface area contributed by atoms with Crippen LogP contribution in [0, 0.1) is 17.1 Å². The van der Waals surface area contributed by atoms with Crippen LogP contribution in [0.1, 0.15) is 15.9 Å². The number of nitrogens with zero attached hydrogens (tertiary/aromatic N) is 1. The van der Waals surface area contributed by atoms with Crippen LogP contribution in [0.4, 0.5) is 10.1 Å². The van der Waals surface area contributed by atoms with Gasteiger partial charge in [0.2, 0.25) is 0 Å². The number of benzene rings is 3. The van der Waals surface area contributed by atoms with Crippen molar-refractivity contribution in [3.63, 3.8) is 0 Å². The zero-order valence-corrected chi connectivity index (χ0v) is 16.2. The Balaban J connectivity index is 1.82. The van der Waals surface area contributed by atoms with E-state index in [0.29, 0.717) is 21.8 Å². The van der Waals surface area contributed by atoms with Crippen LogP contribution in [-0.2, 0) is 4.79 Å². The first-order valence-electron chi connectivity index (χ1n) is 8.72. The Morgan fingerprint density at radius 1 is 1.00 bits per heavy atom. The molecule has 30 heavy (non-hydrogen) atoms. The summed E-state index contributed by atoms with van der Waals surface area (Å²) in [5, 5.41) is 12.4. The van der Waals surface area contributed by atoms with Crippen molar-refractivity contribution in [1.82, 2.24) is 0 Å². The molecule has 0 spiro atoms. The van der Waals surface area contributed by atoms with Crippen LogP contribution in [0.2, 0.25) is 5.02 Å². The Labute approximate surface area is 177 Å². The number of nitriles is 1. The fourth-order valence-corrected chi connectivity index (χ4v) is 2.60. The molecule has 3 aromatic carbocycles. The fraction of sp³-hybridized carbons (Fsp3) is 0. The quantitative estimate of drug-likeness (QED) is 0.265. The SMILES string of the molecule is N#C/C(=C\c1ccccc1OC(=O)c1ccc(Cl)cc1)C(=O)Nc1ccc(F)cc1. The molecule has 0 bridgehead atoms. The van der Waals surface area contributed by atoms with Gasteiger partial charge in [0.15, 0.2) is 0 Å². The van der Waals surface area contributed by atoms with Gasteiger partial charge in [0, 0.05) is 16.3 Å². The third-order valence-corrected chi connectivity index (χ3v) is 4.22. The first-order valence-corrected chi connectivity index (χ1v) is 9.09. The predicted octanol–water partition coefficient (Wildman–Crippen LogP) is 5.24. The standard InChI is InChI=1S/C23H14ClFN2O3/c24-18-7-5-15(6-8-18)23(29)30-21-4-2-1-3-16(21)13-17(14-26)22(28)27-20-11-9-19(25)10-12-20/h1-13H,(H,27,28)/b17-13+. The number of nitrogens with one attached hydrogen (secondary N) is 1. The van der Waals surface area contributed by atoms with Crippen molar-refractivity contribution in [2.45, 2.75) is 0 Å². The smallest absolute Gasteiger partial charge is 0.343 e. The van der Waals surface area contributed by atoms with Crippen LogP contribution >= 0.6 is 11.6 Å². The molecule has 0 heterocycles. The van der Waals surface area contributed by atoms with Crippen molar-refractivity contribution in [2.75, 3.05) is 5.32 Å². The minimum Gasteiger partial charge on any atom is -0.422 e. The maximum atomic E-state index is 13.0. The molecule has 5 nitrogen and oxygen atoms in total. The first-order chi connectivity index (χ1) is 14.5. The third-order valence-electron chi connectivity index (χ3n) is 3.97. The number of carbonyl (C=O) groups excluding carboxylic acids is 2. The highest BCUT2D eigenvalue weighted by Crippen LogP contribution is 2.23. The Bertz CT molecular complexity index is 1150. The van der Waals surface area contributed by atoms with E-state index < -0.39 is 17.7 Å². The van der Waals surface area contributed by atoms with Gasteiger partial charge in [-0.1, -0.05) is 29.8 Å². The highest BCUT2D eigenvalue weighted by Gasteiger charge is 2.14. The average molecular weight is 421 g/mol. The molecule has 1 N–H and O–H groups in total. The number of carbonyl (C=O) groups is 2. The summed E-state index contributed by atoms with van der Waals surface area (Å²) in [7, 11) is 0. The maximum Gasteiger partial charge on any atom is 0.343 e. The van der Waals surface area contributed by atoms with E-state index in [1.807, 2.05) is 6.07 Å². The van der Waals surface area contributed by atoms with Gasteiger partial charge in [-0.3, -0.25) is 4.79 Å². The van der Waals surface area contributed by atoms with Crippen molar-refractivity contribution >= 4 is 35.2 Å². The molecule has 0 saturated carbocycles. The molecule has 0 aromatic heterocycles. The zero-order chi connectivity index (χ0) is 21.5. The Hall–Kier alpha value is -3.95. The van der Waals surface area contributed by atoms with E-state index in [1.54, 1.807) is 36.4 Å². The summed E-state index contributed by atoms with van der Waals surface area (Å²) in [5.41, 5.74) is 0.790. The molecular formula is C23H14ClFN2O3. The van der Waals surface area contributed by atoms with Crippen LogP contribution in [0.3, 0.4) is 0 Å². The topological polar surface area (TPSA) is 79.2 Å². The summed E-state index contributed by atoms with van der Waals surface area (Å²) in [6.45, 7) is 0. The molecular weight excluding hydrogens is 407 g/mol. The highest BCUT2D eigenvalue weighted by atomic mass is 35.5. The average Bonchev–Trinajstić information content (AvgIpc) is 2.75. The van der Waals surface area contributed by atoms with Gasteiger partial charge in [-0.05, 0) is 60.7 Å². The first kappa shape index (κ1) is 20.8. The Morgan fingerprint density at radius 3 is 2.33 bits per heavy atom. The van der Waals surface area contributed by atoms with E-state index in [-0.39, 0.29) is 11.3 Å². The van der Waals surface area contributed by atoms with Crippen LogP contribution in [0.15, 0.2) is 78.4 Å². The second-order valence-corrected chi connectivity index (χ2v) is 6.50. The second-order valence-electron chi connectivity index (χ2n) is 6.07. The number of amides is 1. The minimum atomic E-state index is -0.678. The van der Waals surface area contributed by atoms with Crippen LogP contribution in [0.25, 0.3) is 6.08 Å². The van der Waals surface area contributed by atoms with Gasteiger partial charge in [0.05, 0.1) is 5.56 Å². The van der Waals surface area contributed by atoms with Gasteiger partial charge in [-0.25, -0.2) is 9.18 Å². The predicted molar refractivity (Wildman–Crippen MR) is 111 cm³/mol. The second kappa shape index (κ2) is 9.50. The summed E-state index contributed by atoms with van der Waals surface area (Å²) in [5.74, 6) is -1.55. The molecule has 0 saturated heterocycles. The van der Waals surface area contributed by atoms with E-state index in [2.05, 4.69) is 5.32 Å². The molecule has 1 amide bonds. The molecule has 0 fully saturated rings. The molecule has 0 radical (unpaired) electrons. The molecule has 0 aliphatic heterocycles. The summed E-state index contributed by atoms with van der Waals surface area (Å²) < 4.78 is 18.4. The van der Waals surface area contributed by atoms with E-state index in [0.717, 1.165) is 0 Å². The summed E-state index contributed by atoms with van der Waals surface area (Å²) >= 11 is 5.82. The molecule has 0 atom stereocenters. The van der Waals surface area contributed by atoms with Crippen molar-refractivity contribution in [3.05, 3.63) is 100 Å².